The van der Waals surface area contributed by atoms with Gasteiger partial charge in [-0.2, -0.15) is 11.8 Å². The van der Waals surface area contributed by atoms with Crippen LogP contribution in [0.25, 0.3) is 0 Å². The van der Waals surface area contributed by atoms with Gasteiger partial charge in [0, 0.05) is 6.42 Å². The lowest BCUT2D eigenvalue weighted by atomic mass is 10.1. The van der Waals surface area contributed by atoms with Gasteiger partial charge in [0.05, 0.1) is 0 Å². The summed E-state index contributed by atoms with van der Waals surface area (Å²) in [7, 11) is 0. The van der Waals surface area contributed by atoms with E-state index in [1.807, 2.05) is 36.0 Å². The number of hydrogen-bond acceptors (Lipinski definition) is 3. The normalized spacial score (nSPS) is 16.4. The molecular formula is C14H18O3S. The molecule has 0 aliphatic carbocycles. The first-order chi connectivity index (χ1) is 8.74. The lowest BCUT2D eigenvalue weighted by Crippen LogP contribution is -2.22. The van der Waals surface area contributed by atoms with Gasteiger partial charge >= 0.3 is 5.97 Å². The standard InChI is InChI=1S/C14H18O3S/c15-14(16)5-4-11-2-1-3-13(10-11)17-12-6-8-18-9-7-12/h1-3,10,12H,4-9H2,(H,15,16). The van der Waals surface area contributed by atoms with Gasteiger partial charge in [-0.1, -0.05) is 12.1 Å². The van der Waals surface area contributed by atoms with Crippen molar-refractivity contribution in [2.24, 2.45) is 0 Å². The number of carboxylic acid groups (broad SMARTS) is 1. The summed E-state index contributed by atoms with van der Waals surface area (Å²) < 4.78 is 5.94. The fourth-order valence-electron chi connectivity index (χ4n) is 2.01. The lowest BCUT2D eigenvalue weighted by Gasteiger charge is -2.23. The SMILES string of the molecule is O=C(O)CCc1cccc(OC2CCSCC2)c1. The molecule has 1 aliphatic heterocycles. The van der Waals surface area contributed by atoms with Crippen molar-refractivity contribution in [1.29, 1.82) is 0 Å². The Hall–Kier alpha value is -1.16. The van der Waals surface area contributed by atoms with Crippen molar-refractivity contribution in [3.63, 3.8) is 0 Å². The van der Waals surface area contributed by atoms with Crippen molar-refractivity contribution in [1.82, 2.24) is 0 Å². The highest BCUT2D eigenvalue weighted by Gasteiger charge is 2.15. The number of aliphatic carboxylic acids is 1. The van der Waals surface area contributed by atoms with Crippen LogP contribution in [0, 0.1) is 0 Å². The van der Waals surface area contributed by atoms with Crippen LogP contribution in [0.15, 0.2) is 24.3 Å². The zero-order chi connectivity index (χ0) is 12.8. The summed E-state index contributed by atoms with van der Waals surface area (Å²) in [4.78, 5) is 10.5. The number of ether oxygens (including phenoxy) is 1. The molecule has 4 heteroatoms. The second kappa shape index (κ2) is 6.69. The molecule has 0 radical (unpaired) electrons. The smallest absolute Gasteiger partial charge is 0.303 e. The number of carboxylic acids is 1. The third-order valence-electron chi connectivity index (χ3n) is 3.00. The number of aryl methyl sites for hydroxylation is 1. The first-order valence-corrected chi connectivity index (χ1v) is 7.44. The van der Waals surface area contributed by atoms with Crippen molar-refractivity contribution >= 4 is 17.7 Å². The van der Waals surface area contributed by atoms with E-state index >= 15 is 0 Å². The Bertz CT molecular complexity index is 400. The topological polar surface area (TPSA) is 46.5 Å². The molecule has 0 unspecified atom stereocenters. The molecule has 1 N–H and O–H groups in total. The van der Waals surface area contributed by atoms with E-state index in [1.54, 1.807) is 0 Å². The van der Waals surface area contributed by atoms with E-state index < -0.39 is 5.97 Å². The van der Waals surface area contributed by atoms with Gasteiger partial charge in [-0.15, -0.1) is 0 Å². The molecule has 2 rings (SSSR count). The number of carbonyl (C=O) groups is 1. The Morgan fingerprint density at radius 3 is 2.89 bits per heavy atom. The summed E-state index contributed by atoms with van der Waals surface area (Å²) in [6, 6.07) is 7.80. The van der Waals surface area contributed by atoms with Gasteiger partial charge < -0.3 is 9.84 Å². The molecule has 0 saturated carbocycles. The maximum atomic E-state index is 10.5. The Kier molecular flexibility index (Phi) is 4.93. The second-order valence-electron chi connectivity index (χ2n) is 4.47. The van der Waals surface area contributed by atoms with Crippen molar-refractivity contribution in [2.75, 3.05) is 11.5 Å². The Labute approximate surface area is 112 Å². The van der Waals surface area contributed by atoms with Crippen LogP contribution in [-0.2, 0) is 11.2 Å². The molecule has 1 aromatic carbocycles. The Morgan fingerprint density at radius 2 is 2.17 bits per heavy atom. The highest BCUT2D eigenvalue weighted by atomic mass is 32.2. The van der Waals surface area contributed by atoms with E-state index in [1.165, 1.54) is 11.5 Å². The first-order valence-electron chi connectivity index (χ1n) is 6.29. The lowest BCUT2D eigenvalue weighted by molar-refractivity contribution is -0.136. The van der Waals surface area contributed by atoms with Crippen LogP contribution < -0.4 is 4.74 Å². The van der Waals surface area contributed by atoms with E-state index in [4.69, 9.17) is 9.84 Å². The van der Waals surface area contributed by atoms with Crippen molar-refractivity contribution in [3.05, 3.63) is 29.8 Å². The van der Waals surface area contributed by atoms with Crippen LogP contribution in [0.3, 0.4) is 0 Å². The maximum Gasteiger partial charge on any atom is 0.303 e. The molecule has 1 aliphatic rings. The van der Waals surface area contributed by atoms with Crippen LogP contribution in [0.4, 0.5) is 0 Å². The number of rotatable bonds is 5. The molecule has 0 bridgehead atoms. The molecule has 1 saturated heterocycles. The van der Waals surface area contributed by atoms with Crippen LogP contribution in [0.5, 0.6) is 5.75 Å². The fourth-order valence-corrected chi connectivity index (χ4v) is 3.08. The van der Waals surface area contributed by atoms with Gasteiger partial charge in [-0.3, -0.25) is 4.79 Å². The molecule has 18 heavy (non-hydrogen) atoms. The Balaban J connectivity index is 1.91. The van der Waals surface area contributed by atoms with Crippen LogP contribution in [-0.4, -0.2) is 28.7 Å². The second-order valence-corrected chi connectivity index (χ2v) is 5.70. The van der Waals surface area contributed by atoms with Gasteiger partial charge in [-0.05, 0) is 48.5 Å². The van der Waals surface area contributed by atoms with Crippen molar-refractivity contribution in [2.45, 2.75) is 31.8 Å². The van der Waals surface area contributed by atoms with Gasteiger partial charge in [-0.25, -0.2) is 0 Å². The van der Waals surface area contributed by atoms with Crippen molar-refractivity contribution in [3.8, 4) is 5.75 Å². The molecule has 0 amide bonds. The average Bonchev–Trinajstić information content (AvgIpc) is 2.38. The minimum absolute atomic E-state index is 0.170. The van der Waals surface area contributed by atoms with Crippen LogP contribution >= 0.6 is 11.8 Å². The monoisotopic (exact) mass is 266 g/mol. The maximum absolute atomic E-state index is 10.5. The van der Waals surface area contributed by atoms with E-state index in [0.717, 1.165) is 24.2 Å². The van der Waals surface area contributed by atoms with Crippen LogP contribution in [0.1, 0.15) is 24.8 Å². The van der Waals surface area contributed by atoms with Gasteiger partial charge in [0.1, 0.15) is 11.9 Å². The number of benzene rings is 1. The largest absolute Gasteiger partial charge is 0.490 e. The molecule has 0 atom stereocenters. The molecule has 1 fully saturated rings. The molecule has 1 aromatic rings. The van der Waals surface area contributed by atoms with Gasteiger partial charge in [0.15, 0.2) is 0 Å². The summed E-state index contributed by atoms with van der Waals surface area (Å²) in [6.45, 7) is 0. The van der Waals surface area contributed by atoms with E-state index in [0.29, 0.717) is 12.5 Å². The third kappa shape index (κ3) is 4.26. The molecule has 0 aromatic heterocycles. The molecular weight excluding hydrogens is 248 g/mol. The minimum atomic E-state index is -0.759. The first kappa shape index (κ1) is 13.3. The number of hydrogen-bond donors (Lipinski definition) is 1. The summed E-state index contributed by atoms with van der Waals surface area (Å²) in [5, 5.41) is 8.67. The summed E-state index contributed by atoms with van der Waals surface area (Å²) in [6.07, 6.45) is 3.26. The van der Waals surface area contributed by atoms with E-state index in [2.05, 4.69) is 0 Å². The molecule has 0 spiro atoms. The quantitative estimate of drug-likeness (QED) is 0.890. The highest BCUT2D eigenvalue weighted by Crippen LogP contribution is 2.23. The van der Waals surface area contributed by atoms with Gasteiger partial charge in [0.25, 0.3) is 0 Å². The highest BCUT2D eigenvalue weighted by molar-refractivity contribution is 7.99. The zero-order valence-corrected chi connectivity index (χ0v) is 11.1. The molecule has 98 valence electrons. The molecule has 3 nitrogen and oxygen atoms in total. The zero-order valence-electron chi connectivity index (χ0n) is 10.3. The van der Waals surface area contributed by atoms with E-state index in [9.17, 15) is 4.79 Å². The average molecular weight is 266 g/mol. The summed E-state index contributed by atoms with van der Waals surface area (Å²) in [5.74, 6) is 2.45. The summed E-state index contributed by atoms with van der Waals surface area (Å²) >= 11 is 1.98. The predicted molar refractivity (Wildman–Crippen MR) is 73.4 cm³/mol. The fraction of sp³-hybridized carbons (Fsp3) is 0.500. The molecule has 1 heterocycles. The van der Waals surface area contributed by atoms with Crippen LogP contribution in [0.2, 0.25) is 0 Å². The number of thioether (sulfide) groups is 1. The van der Waals surface area contributed by atoms with Gasteiger partial charge in [0.2, 0.25) is 0 Å². The predicted octanol–water partition coefficient (Wildman–Crippen LogP) is 2.98. The van der Waals surface area contributed by atoms with Crippen molar-refractivity contribution < 1.29 is 14.6 Å². The third-order valence-corrected chi connectivity index (χ3v) is 4.05. The van der Waals surface area contributed by atoms with E-state index in [-0.39, 0.29) is 6.42 Å². The Morgan fingerprint density at radius 1 is 1.39 bits per heavy atom. The summed E-state index contributed by atoms with van der Waals surface area (Å²) in [5.41, 5.74) is 1.03. The minimum Gasteiger partial charge on any atom is -0.490 e.